The highest BCUT2D eigenvalue weighted by molar-refractivity contribution is 6.04. The molecule has 0 radical (unpaired) electrons. The molecule has 5 heteroatoms. The Balaban J connectivity index is 1.67. The second-order valence-corrected chi connectivity index (χ2v) is 7.42. The number of carbonyl (C=O) groups excluding carboxylic acids is 2. The van der Waals surface area contributed by atoms with Gasteiger partial charge in [0.15, 0.2) is 0 Å². The summed E-state index contributed by atoms with van der Waals surface area (Å²) < 4.78 is 0. The highest BCUT2D eigenvalue weighted by Crippen LogP contribution is 2.27. The lowest BCUT2D eigenvalue weighted by Gasteiger charge is -2.33. The van der Waals surface area contributed by atoms with Crippen LogP contribution in [0.4, 0.5) is 5.69 Å². The second-order valence-electron chi connectivity index (χ2n) is 7.42. The summed E-state index contributed by atoms with van der Waals surface area (Å²) in [6, 6.07) is 14.3. The van der Waals surface area contributed by atoms with Crippen molar-refractivity contribution in [1.82, 2.24) is 9.80 Å². The van der Waals surface area contributed by atoms with E-state index in [0.717, 1.165) is 42.4 Å². The third-order valence-electron chi connectivity index (χ3n) is 5.41. The molecule has 5 nitrogen and oxygen atoms in total. The van der Waals surface area contributed by atoms with Crippen molar-refractivity contribution in [3.8, 4) is 0 Å². The van der Waals surface area contributed by atoms with Crippen LogP contribution in [0.2, 0.25) is 0 Å². The number of anilines is 1. The molecule has 1 aliphatic heterocycles. The predicted molar refractivity (Wildman–Crippen MR) is 110 cm³/mol. The SMILES string of the molecule is CCN(C(=O)CN1CCC(C(=O)N(C)C)CC1)c1cccc2ccccc12. The van der Waals surface area contributed by atoms with E-state index in [1.807, 2.05) is 50.2 Å². The average Bonchev–Trinajstić information content (AvgIpc) is 2.68. The number of rotatable bonds is 5. The topological polar surface area (TPSA) is 43.9 Å². The third kappa shape index (κ3) is 4.30. The fourth-order valence-electron chi connectivity index (χ4n) is 3.90. The highest BCUT2D eigenvalue weighted by atomic mass is 16.2. The Kier molecular flexibility index (Phi) is 6.11. The summed E-state index contributed by atoms with van der Waals surface area (Å²) in [6.45, 7) is 4.65. The van der Waals surface area contributed by atoms with Gasteiger partial charge in [-0.1, -0.05) is 36.4 Å². The number of likely N-dealkylation sites (tertiary alicyclic amines) is 1. The summed E-state index contributed by atoms with van der Waals surface area (Å²) in [6.07, 6.45) is 1.65. The van der Waals surface area contributed by atoms with Crippen LogP contribution < -0.4 is 4.90 Å². The standard InChI is InChI=1S/C22H29N3O2/c1-4-25(20-11-7-9-17-8-5-6-10-19(17)20)21(26)16-24-14-12-18(13-15-24)22(27)23(2)3/h5-11,18H,4,12-16H2,1-3H3. The smallest absolute Gasteiger partial charge is 0.241 e. The van der Waals surface area contributed by atoms with Crippen LogP contribution in [0.5, 0.6) is 0 Å². The van der Waals surface area contributed by atoms with Crippen molar-refractivity contribution in [1.29, 1.82) is 0 Å². The fraction of sp³-hybridized carbons (Fsp3) is 0.455. The van der Waals surface area contributed by atoms with Gasteiger partial charge in [-0.2, -0.15) is 0 Å². The molecule has 0 atom stereocenters. The van der Waals surface area contributed by atoms with Gasteiger partial charge in [-0.3, -0.25) is 14.5 Å². The second kappa shape index (κ2) is 8.53. The van der Waals surface area contributed by atoms with Crippen molar-refractivity contribution in [3.63, 3.8) is 0 Å². The molecule has 0 aliphatic carbocycles. The lowest BCUT2D eigenvalue weighted by Crippen LogP contribution is -2.45. The van der Waals surface area contributed by atoms with E-state index >= 15 is 0 Å². The molecule has 0 N–H and O–H groups in total. The number of piperidine rings is 1. The molecule has 1 saturated heterocycles. The zero-order valence-electron chi connectivity index (χ0n) is 16.5. The number of hydrogen-bond acceptors (Lipinski definition) is 3. The Bertz CT molecular complexity index is 805. The highest BCUT2D eigenvalue weighted by Gasteiger charge is 2.28. The summed E-state index contributed by atoms with van der Waals surface area (Å²) >= 11 is 0. The molecule has 27 heavy (non-hydrogen) atoms. The minimum absolute atomic E-state index is 0.0895. The van der Waals surface area contributed by atoms with E-state index in [-0.39, 0.29) is 17.7 Å². The van der Waals surface area contributed by atoms with Crippen LogP contribution in [0.3, 0.4) is 0 Å². The van der Waals surface area contributed by atoms with E-state index in [2.05, 4.69) is 23.1 Å². The van der Waals surface area contributed by atoms with Gasteiger partial charge < -0.3 is 9.80 Å². The van der Waals surface area contributed by atoms with E-state index in [0.29, 0.717) is 13.1 Å². The number of amides is 2. The monoisotopic (exact) mass is 367 g/mol. The maximum Gasteiger partial charge on any atom is 0.241 e. The number of fused-ring (bicyclic) bond motifs is 1. The van der Waals surface area contributed by atoms with Crippen LogP contribution in [0, 0.1) is 5.92 Å². The van der Waals surface area contributed by atoms with Crippen molar-refractivity contribution in [3.05, 3.63) is 42.5 Å². The fourth-order valence-corrected chi connectivity index (χ4v) is 3.90. The Morgan fingerprint density at radius 1 is 1.04 bits per heavy atom. The van der Waals surface area contributed by atoms with Crippen LogP contribution in [0.15, 0.2) is 42.5 Å². The maximum atomic E-state index is 13.0. The summed E-state index contributed by atoms with van der Waals surface area (Å²) in [7, 11) is 3.61. The average molecular weight is 367 g/mol. The van der Waals surface area contributed by atoms with E-state index in [1.165, 1.54) is 0 Å². The first-order chi connectivity index (χ1) is 13.0. The summed E-state index contributed by atoms with van der Waals surface area (Å²) in [5, 5.41) is 2.25. The number of likely N-dealkylation sites (N-methyl/N-ethyl adjacent to an activating group) is 1. The Hall–Kier alpha value is -2.40. The van der Waals surface area contributed by atoms with E-state index < -0.39 is 0 Å². The summed E-state index contributed by atoms with van der Waals surface area (Å²) in [5.41, 5.74) is 0.971. The van der Waals surface area contributed by atoms with Gasteiger partial charge in [-0.05, 0) is 44.3 Å². The minimum Gasteiger partial charge on any atom is -0.349 e. The number of hydrogen-bond donors (Lipinski definition) is 0. The van der Waals surface area contributed by atoms with Crippen molar-refractivity contribution >= 4 is 28.3 Å². The van der Waals surface area contributed by atoms with Gasteiger partial charge >= 0.3 is 0 Å². The Labute approximate surface area is 161 Å². The van der Waals surface area contributed by atoms with E-state index in [9.17, 15) is 9.59 Å². The van der Waals surface area contributed by atoms with Crippen LogP contribution in [0.25, 0.3) is 10.8 Å². The van der Waals surface area contributed by atoms with Gasteiger partial charge in [0.2, 0.25) is 11.8 Å². The molecule has 0 saturated carbocycles. The normalized spacial score (nSPS) is 15.7. The number of carbonyl (C=O) groups is 2. The molecule has 0 aromatic heterocycles. The first-order valence-electron chi connectivity index (χ1n) is 9.73. The van der Waals surface area contributed by atoms with Crippen LogP contribution >= 0.6 is 0 Å². The van der Waals surface area contributed by atoms with Gasteiger partial charge in [0.05, 0.1) is 12.2 Å². The first kappa shape index (κ1) is 19.4. The van der Waals surface area contributed by atoms with Crippen LogP contribution in [-0.4, -0.2) is 61.9 Å². The molecule has 1 heterocycles. The van der Waals surface area contributed by atoms with Crippen molar-refractivity contribution in [2.24, 2.45) is 5.92 Å². The minimum atomic E-state index is 0.0895. The molecule has 0 spiro atoms. The molecule has 0 unspecified atom stereocenters. The molecule has 1 fully saturated rings. The van der Waals surface area contributed by atoms with Crippen molar-refractivity contribution < 1.29 is 9.59 Å². The van der Waals surface area contributed by atoms with Gasteiger partial charge in [0, 0.05) is 31.9 Å². The van der Waals surface area contributed by atoms with E-state index in [1.54, 1.807) is 4.90 Å². The molecule has 144 valence electrons. The Morgan fingerprint density at radius 2 is 1.70 bits per heavy atom. The van der Waals surface area contributed by atoms with Crippen LogP contribution in [0.1, 0.15) is 19.8 Å². The zero-order chi connectivity index (χ0) is 19.4. The Morgan fingerprint density at radius 3 is 2.37 bits per heavy atom. The third-order valence-corrected chi connectivity index (χ3v) is 5.41. The zero-order valence-corrected chi connectivity index (χ0v) is 16.5. The van der Waals surface area contributed by atoms with Gasteiger partial charge in [-0.15, -0.1) is 0 Å². The van der Waals surface area contributed by atoms with Gasteiger partial charge in [-0.25, -0.2) is 0 Å². The molecule has 3 rings (SSSR count). The summed E-state index contributed by atoms with van der Waals surface area (Å²) in [5.74, 6) is 0.407. The lowest BCUT2D eigenvalue weighted by atomic mass is 9.95. The van der Waals surface area contributed by atoms with Crippen molar-refractivity contribution in [2.45, 2.75) is 19.8 Å². The number of nitrogens with zero attached hydrogens (tertiary/aromatic N) is 3. The summed E-state index contributed by atoms with van der Waals surface area (Å²) in [4.78, 5) is 30.9. The molecule has 2 amide bonds. The molecule has 2 aromatic rings. The largest absolute Gasteiger partial charge is 0.349 e. The first-order valence-corrected chi connectivity index (χ1v) is 9.73. The van der Waals surface area contributed by atoms with Gasteiger partial charge in [0.25, 0.3) is 0 Å². The maximum absolute atomic E-state index is 13.0. The van der Waals surface area contributed by atoms with Gasteiger partial charge in [0.1, 0.15) is 0 Å². The van der Waals surface area contributed by atoms with E-state index in [4.69, 9.17) is 0 Å². The molecule has 2 aromatic carbocycles. The predicted octanol–water partition coefficient (Wildman–Crippen LogP) is 2.99. The van der Waals surface area contributed by atoms with Crippen molar-refractivity contribution in [2.75, 3.05) is 45.2 Å². The molecule has 1 aliphatic rings. The van der Waals surface area contributed by atoms with Crippen LogP contribution in [-0.2, 0) is 9.59 Å². The molecule has 0 bridgehead atoms. The molecular formula is C22H29N3O2. The quantitative estimate of drug-likeness (QED) is 0.816. The lowest BCUT2D eigenvalue weighted by molar-refractivity contribution is -0.134. The molecular weight excluding hydrogens is 338 g/mol. The number of benzene rings is 2.